The molecule has 0 aliphatic rings. The highest BCUT2D eigenvalue weighted by Crippen LogP contribution is 1.67. The second-order valence-electron chi connectivity index (χ2n) is 0.820. The number of nitriles is 3. The summed E-state index contributed by atoms with van der Waals surface area (Å²) in [6.07, 6.45) is 0. The molecular formula is C3BN3-. The fraction of sp³-hybridized carbons (Fsp3) is 0. The van der Waals surface area contributed by atoms with Gasteiger partial charge in [0.05, 0.1) is 0 Å². The van der Waals surface area contributed by atoms with Crippen molar-refractivity contribution in [3.63, 3.8) is 0 Å². The zero-order chi connectivity index (χ0) is 5.70. The normalized spacial score (nSPS) is 6.00. The van der Waals surface area contributed by atoms with Crippen LogP contribution in [-0.4, -0.2) is 6.71 Å². The third-order valence-corrected chi connectivity index (χ3v) is 0.387. The van der Waals surface area contributed by atoms with Crippen molar-refractivity contribution in [3.8, 4) is 17.9 Å². The first-order valence-corrected chi connectivity index (χ1v) is 1.54. The summed E-state index contributed by atoms with van der Waals surface area (Å²) in [5, 5.41) is 23.5. The molecule has 0 aliphatic carbocycles. The van der Waals surface area contributed by atoms with E-state index in [1.54, 1.807) is 0 Å². The fourth-order valence-corrected chi connectivity index (χ4v) is 0.0866. The first-order chi connectivity index (χ1) is 3.35. The minimum atomic E-state index is -1.10. The van der Waals surface area contributed by atoms with Gasteiger partial charge in [-0.3, -0.25) is 15.8 Å². The predicted molar refractivity (Wildman–Crippen MR) is 22.6 cm³/mol. The number of rotatable bonds is 0. The molecule has 0 atom stereocenters. The van der Waals surface area contributed by atoms with E-state index in [0.717, 1.165) is 0 Å². The van der Waals surface area contributed by atoms with E-state index in [1.165, 1.54) is 17.9 Å². The van der Waals surface area contributed by atoms with E-state index in [2.05, 4.69) is 0 Å². The topological polar surface area (TPSA) is 71.4 Å². The molecule has 31 valence electrons. The Morgan fingerprint density at radius 1 is 0.857 bits per heavy atom. The number of hydrogen-bond donors (Lipinski definition) is 0. The Balaban J connectivity index is 3.82. The maximum atomic E-state index is 7.83. The summed E-state index contributed by atoms with van der Waals surface area (Å²) in [6, 6.07) is 0. The van der Waals surface area contributed by atoms with Crippen LogP contribution in [0.5, 0.6) is 0 Å². The van der Waals surface area contributed by atoms with Crippen molar-refractivity contribution in [1.82, 2.24) is 0 Å². The van der Waals surface area contributed by atoms with Gasteiger partial charge in [-0.2, -0.15) is 17.9 Å². The van der Waals surface area contributed by atoms with E-state index in [0.29, 0.717) is 0 Å². The average Bonchev–Trinajstić information content (AvgIpc) is 1.72. The summed E-state index contributed by atoms with van der Waals surface area (Å²) in [4.78, 5) is 0. The van der Waals surface area contributed by atoms with Gasteiger partial charge in [0.25, 0.3) is 0 Å². The molecule has 0 aromatic carbocycles. The van der Waals surface area contributed by atoms with Crippen molar-refractivity contribution in [1.29, 1.82) is 15.8 Å². The Labute approximate surface area is 41.5 Å². The molecule has 0 spiro atoms. The van der Waals surface area contributed by atoms with Crippen molar-refractivity contribution < 1.29 is 0 Å². The minimum Gasteiger partial charge on any atom is -0.251 e. The molecule has 4 heteroatoms. The Morgan fingerprint density at radius 3 is 1.14 bits per heavy atom. The van der Waals surface area contributed by atoms with Crippen LogP contribution in [0, 0.1) is 33.7 Å². The summed E-state index contributed by atoms with van der Waals surface area (Å²) in [5.74, 6) is 4.44. The molecule has 0 aliphatic heterocycles. The van der Waals surface area contributed by atoms with Crippen LogP contribution in [0.3, 0.4) is 0 Å². The molecule has 0 rings (SSSR count). The third kappa shape index (κ3) is 1.42. The van der Waals surface area contributed by atoms with Crippen molar-refractivity contribution in [2.75, 3.05) is 0 Å². The summed E-state index contributed by atoms with van der Waals surface area (Å²) < 4.78 is 0. The highest BCUT2D eigenvalue weighted by molar-refractivity contribution is 6.81. The quantitative estimate of drug-likeness (QED) is 0.381. The molecule has 0 aromatic rings. The van der Waals surface area contributed by atoms with Crippen LogP contribution in [0.2, 0.25) is 0 Å². The van der Waals surface area contributed by atoms with Crippen LogP contribution >= 0.6 is 0 Å². The fourth-order valence-electron chi connectivity index (χ4n) is 0.0866. The van der Waals surface area contributed by atoms with Crippen LogP contribution in [0.15, 0.2) is 0 Å². The maximum absolute atomic E-state index is 7.83. The van der Waals surface area contributed by atoms with Crippen LogP contribution in [0.25, 0.3) is 0 Å². The molecule has 0 N–H and O–H groups in total. The van der Waals surface area contributed by atoms with Gasteiger partial charge in [-0.15, -0.1) is 0 Å². The molecule has 0 aromatic heterocycles. The SMILES string of the molecule is N#C[B-](C#N)C#N. The number of nitrogens with zero attached hydrogens (tertiary/aromatic N) is 3. The summed E-state index contributed by atoms with van der Waals surface area (Å²) in [7, 11) is 0. The molecule has 0 fully saturated rings. The number of hydrogen-bond acceptors (Lipinski definition) is 3. The highest BCUT2D eigenvalue weighted by atomic mass is 14.3. The van der Waals surface area contributed by atoms with E-state index >= 15 is 0 Å². The van der Waals surface area contributed by atoms with Crippen LogP contribution in [-0.2, 0) is 0 Å². The lowest BCUT2D eigenvalue weighted by atomic mass is 9.55. The van der Waals surface area contributed by atoms with Gasteiger partial charge in [0.1, 0.15) is 0 Å². The highest BCUT2D eigenvalue weighted by Gasteiger charge is 1.85. The van der Waals surface area contributed by atoms with Crippen molar-refractivity contribution >= 4 is 6.71 Å². The van der Waals surface area contributed by atoms with E-state index in [4.69, 9.17) is 15.8 Å². The lowest BCUT2D eigenvalue weighted by Crippen LogP contribution is -2.01. The Hall–Kier alpha value is -1.47. The Bertz CT molecular complexity index is 133. The zero-order valence-corrected chi connectivity index (χ0v) is 3.42. The third-order valence-electron chi connectivity index (χ3n) is 0.387. The molecule has 0 unspecified atom stereocenters. The molecule has 0 saturated heterocycles. The zero-order valence-electron chi connectivity index (χ0n) is 3.42. The monoisotopic (exact) mass is 89.0 g/mol. The largest absolute Gasteiger partial charge is 0.251 e. The Morgan fingerprint density at radius 2 is 1.14 bits per heavy atom. The van der Waals surface area contributed by atoms with E-state index in [-0.39, 0.29) is 0 Å². The second kappa shape index (κ2) is 2.76. The first kappa shape index (κ1) is 5.53. The maximum Gasteiger partial charge on any atom is 0.218 e. The van der Waals surface area contributed by atoms with Gasteiger partial charge in [0, 0.05) is 0 Å². The molecule has 1 radical (unpaired) electrons. The predicted octanol–water partition coefficient (Wildman–Crippen LogP) is -0.330. The van der Waals surface area contributed by atoms with Gasteiger partial charge >= 0.3 is 0 Å². The molecule has 7 heavy (non-hydrogen) atoms. The summed E-state index contributed by atoms with van der Waals surface area (Å²) >= 11 is 0. The van der Waals surface area contributed by atoms with Crippen LogP contribution in [0.1, 0.15) is 0 Å². The van der Waals surface area contributed by atoms with Gasteiger partial charge < -0.3 is 0 Å². The van der Waals surface area contributed by atoms with E-state index < -0.39 is 6.71 Å². The van der Waals surface area contributed by atoms with Crippen molar-refractivity contribution in [2.24, 2.45) is 0 Å². The van der Waals surface area contributed by atoms with E-state index in [9.17, 15) is 0 Å². The van der Waals surface area contributed by atoms with Gasteiger partial charge in [0.15, 0.2) is 0 Å². The Kier molecular flexibility index (Phi) is 2.18. The van der Waals surface area contributed by atoms with Gasteiger partial charge in [-0.25, -0.2) is 0 Å². The molecule has 0 amide bonds. The molecule has 3 nitrogen and oxygen atoms in total. The van der Waals surface area contributed by atoms with Gasteiger partial charge in [-0.1, -0.05) is 0 Å². The molecule has 0 bridgehead atoms. The molecule has 0 heterocycles. The first-order valence-electron chi connectivity index (χ1n) is 1.54. The summed E-state index contributed by atoms with van der Waals surface area (Å²) in [6.45, 7) is -1.10. The molecular weight excluding hydrogens is 88.9 g/mol. The second-order valence-corrected chi connectivity index (χ2v) is 0.820. The van der Waals surface area contributed by atoms with Gasteiger partial charge in [-0.05, 0) is 0 Å². The summed E-state index contributed by atoms with van der Waals surface area (Å²) in [5.41, 5.74) is 0. The van der Waals surface area contributed by atoms with Crippen LogP contribution in [0.4, 0.5) is 0 Å². The lowest BCUT2D eigenvalue weighted by Gasteiger charge is -1.83. The smallest absolute Gasteiger partial charge is 0.218 e. The van der Waals surface area contributed by atoms with Crippen LogP contribution < -0.4 is 0 Å². The van der Waals surface area contributed by atoms with Gasteiger partial charge in [0.2, 0.25) is 6.71 Å². The van der Waals surface area contributed by atoms with Crippen molar-refractivity contribution in [3.05, 3.63) is 0 Å². The molecule has 0 saturated carbocycles. The van der Waals surface area contributed by atoms with E-state index in [1.807, 2.05) is 0 Å². The average molecular weight is 88.9 g/mol. The minimum absolute atomic E-state index is 1.10. The lowest BCUT2D eigenvalue weighted by molar-refractivity contribution is 1.52. The van der Waals surface area contributed by atoms with Crippen molar-refractivity contribution in [2.45, 2.75) is 0 Å². The standard InChI is InChI=1S/C3BN3/c5-1-4(2-6)3-7/q-1.